The fourth-order valence-electron chi connectivity index (χ4n) is 4.28. The van der Waals surface area contributed by atoms with Crippen molar-refractivity contribution in [1.82, 2.24) is 8.87 Å². The van der Waals surface area contributed by atoms with Crippen LogP contribution in [0.1, 0.15) is 51.3 Å². The van der Waals surface area contributed by atoms with Crippen molar-refractivity contribution in [2.75, 3.05) is 19.7 Å². The van der Waals surface area contributed by atoms with E-state index in [4.69, 9.17) is 9.47 Å². The summed E-state index contributed by atoms with van der Waals surface area (Å²) in [6.07, 6.45) is 7.97. The minimum Gasteiger partial charge on any atom is -0.444 e. The number of morpholine rings is 1. The summed E-state index contributed by atoms with van der Waals surface area (Å²) in [5, 5.41) is 10.4. The molecule has 1 aromatic carbocycles. The van der Waals surface area contributed by atoms with Crippen molar-refractivity contribution in [3.63, 3.8) is 0 Å². The summed E-state index contributed by atoms with van der Waals surface area (Å²) >= 11 is 0. The molecule has 0 bridgehead atoms. The Labute approximate surface area is 200 Å². The quantitative estimate of drug-likeness (QED) is 0.646. The van der Waals surface area contributed by atoms with Gasteiger partial charge in [-0.1, -0.05) is 30.4 Å². The van der Waals surface area contributed by atoms with Crippen molar-refractivity contribution in [2.45, 2.75) is 50.6 Å². The number of carbonyl (C=O) groups excluding carboxylic acids is 1. The van der Waals surface area contributed by atoms with E-state index >= 15 is 0 Å². The van der Waals surface area contributed by atoms with Crippen LogP contribution in [0.25, 0.3) is 10.9 Å². The molecule has 1 aliphatic carbocycles. The van der Waals surface area contributed by atoms with Crippen LogP contribution in [0, 0.1) is 11.3 Å². The Hall–Kier alpha value is -3.09. The molecular weight excluding hydrogens is 454 g/mol. The van der Waals surface area contributed by atoms with Crippen LogP contribution in [0.4, 0.5) is 4.79 Å². The largest absolute Gasteiger partial charge is 0.444 e. The summed E-state index contributed by atoms with van der Waals surface area (Å²) < 4.78 is 38.9. The second kappa shape index (κ2) is 8.60. The highest BCUT2D eigenvalue weighted by Gasteiger charge is 2.39. The first-order valence-corrected chi connectivity index (χ1v) is 12.6. The van der Waals surface area contributed by atoms with Gasteiger partial charge in [-0.05, 0) is 51.8 Å². The number of benzene rings is 1. The van der Waals surface area contributed by atoms with E-state index in [-0.39, 0.29) is 12.1 Å². The second-order valence-electron chi connectivity index (χ2n) is 9.78. The third-order valence-corrected chi connectivity index (χ3v) is 8.40. The number of allylic oxidation sites excluding steroid dienone is 3. The van der Waals surface area contributed by atoms with Crippen molar-refractivity contribution >= 4 is 27.0 Å². The molecule has 2 aliphatic rings. The summed E-state index contributed by atoms with van der Waals surface area (Å²) in [6.45, 7) is 8.10. The molecule has 2 unspecified atom stereocenters. The highest BCUT2D eigenvalue weighted by molar-refractivity contribution is 7.91. The van der Waals surface area contributed by atoms with E-state index in [1.54, 1.807) is 42.2 Å². The zero-order valence-corrected chi connectivity index (χ0v) is 20.6. The third-order valence-electron chi connectivity index (χ3n) is 6.10. The molecule has 0 radical (unpaired) electrons. The molecule has 2 heterocycles. The molecule has 1 fully saturated rings. The highest BCUT2D eigenvalue weighted by atomic mass is 32.2. The summed E-state index contributed by atoms with van der Waals surface area (Å²) in [5.74, 6) is 0. The average Bonchev–Trinajstić information content (AvgIpc) is 3.24. The lowest BCUT2D eigenvalue weighted by molar-refractivity contribution is -0.0428. The fraction of sp³-hybridized carbons (Fsp3) is 0.440. The molecule has 2 aromatic rings. The minimum atomic E-state index is -3.87. The van der Waals surface area contributed by atoms with Gasteiger partial charge < -0.3 is 14.4 Å². The van der Waals surface area contributed by atoms with Gasteiger partial charge in [-0.3, -0.25) is 0 Å². The van der Waals surface area contributed by atoms with Crippen molar-refractivity contribution in [1.29, 1.82) is 5.26 Å². The zero-order chi connectivity index (χ0) is 24.7. The van der Waals surface area contributed by atoms with Gasteiger partial charge in [0.05, 0.1) is 24.2 Å². The predicted octanol–water partition coefficient (Wildman–Crippen LogP) is 4.27. The van der Waals surface area contributed by atoms with E-state index < -0.39 is 32.6 Å². The summed E-state index contributed by atoms with van der Waals surface area (Å²) in [6, 6.07) is 7.20. The predicted molar refractivity (Wildman–Crippen MR) is 129 cm³/mol. The van der Waals surface area contributed by atoms with Crippen molar-refractivity contribution < 1.29 is 22.7 Å². The Morgan fingerprint density at radius 3 is 2.68 bits per heavy atom. The number of amides is 1. The van der Waals surface area contributed by atoms with E-state index in [9.17, 15) is 18.5 Å². The number of fused-ring (bicyclic) bond motifs is 1. The monoisotopic (exact) mass is 483 g/mol. The Morgan fingerprint density at radius 1 is 1.26 bits per heavy atom. The van der Waals surface area contributed by atoms with E-state index in [1.807, 2.05) is 32.9 Å². The molecule has 0 spiro atoms. The summed E-state index contributed by atoms with van der Waals surface area (Å²) in [5.41, 5.74) is 0.686. The van der Waals surface area contributed by atoms with Crippen LogP contribution in [0.15, 0.2) is 48.7 Å². The van der Waals surface area contributed by atoms with Crippen molar-refractivity contribution in [2.24, 2.45) is 0 Å². The molecule has 0 saturated carbocycles. The van der Waals surface area contributed by atoms with Gasteiger partial charge in [0.1, 0.15) is 22.5 Å². The van der Waals surface area contributed by atoms with Crippen molar-refractivity contribution in [3.8, 4) is 6.07 Å². The highest BCUT2D eigenvalue weighted by Crippen LogP contribution is 2.36. The number of hydrogen-bond acceptors (Lipinski definition) is 6. The number of carbonyl (C=O) groups is 1. The van der Waals surface area contributed by atoms with Crippen LogP contribution in [-0.4, -0.2) is 53.4 Å². The van der Waals surface area contributed by atoms with Crippen LogP contribution < -0.4 is 0 Å². The number of nitrogens with zero attached hydrogens (tertiary/aromatic N) is 3. The molecule has 1 saturated heterocycles. The average molecular weight is 484 g/mol. The van der Waals surface area contributed by atoms with Gasteiger partial charge in [-0.25, -0.2) is 17.2 Å². The molecule has 180 valence electrons. The number of hydrogen-bond donors (Lipinski definition) is 0. The van der Waals surface area contributed by atoms with Crippen LogP contribution in [0.5, 0.6) is 0 Å². The zero-order valence-electron chi connectivity index (χ0n) is 19.8. The van der Waals surface area contributed by atoms with Gasteiger partial charge in [0.25, 0.3) is 0 Å². The molecular formula is C25H29N3O5S. The van der Waals surface area contributed by atoms with E-state index in [0.717, 1.165) is 5.56 Å². The number of rotatable bonds is 3. The van der Waals surface area contributed by atoms with E-state index in [0.29, 0.717) is 30.5 Å². The molecule has 1 amide bonds. The topological polar surface area (TPSA) is 102 Å². The minimum absolute atomic E-state index is 0.256. The van der Waals surface area contributed by atoms with Gasteiger partial charge in [0.2, 0.25) is 10.0 Å². The molecule has 9 heteroatoms. The van der Waals surface area contributed by atoms with Gasteiger partial charge >= 0.3 is 6.09 Å². The first-order chi connectivity index (χ1) is 16.0. The smallest absolute Gasteiger partial charge is 0.410 e. The SMILES string of the molecule is CC(C)(C)OC(=O)N1CCOC(c2ccc(C#N)c3c2ccn3S(=O)(=O)C2(C)C=CC=CC2)C1. The lowest BCUT2D eigenvalue weighted by atomic mass is 10.0. The first kappa shape index (κ1) is 24.0. The molecule has 4 rings (SSSR count). The van der Waals surface area contributed by atoms with Gasteiger partial charge in [0, 0.05) is 18.1 Å². The maximum atomic E-state index is 13.7. The van der Waals surface area contributed by atoms with Gasteiger partial charge in [0.15, 0.2) is 0 Å². The van der Waals surface area contributed by atoms with E-state index in [1.165, 1.54) is 10.2 Å². The molecule has 1 aromatic heterocycles. The summed E-state index contributed by atoms with van der Waals surface area (Å²) in [7, 11) is -3.87. The first-order valence-electron chi connectivity index (χ1n) is 11.2. The Kier molecular flexibility index (Phi) is 6.08. The van der Waals surface area contributed by atoms with Crippen LogP contribution in [0.3, 0.4) is 0 Å². The Bertz CT molecular complexity index is 1330. The lowest BCUT2D eigenvalue weighted by Crippen LogP contribution is -2.44. The Balaban J connectivity index is 1.75. The van der Waals surface area contributed by atoms with E-state index in [2.05, 4.69) is 6.07 Å². The maximum absolute atomic E-state index is 13.7. The Morgan fingerprint density at radius 2 is 2.03 bits per heavy atom. The lowest BCUT2D eigenvalue weighted by Gasteiger charge is -2.34. The molecule has 8 nitrogen and oxygen atoms in total. The normalized spacial score (nSPS) is 23.1. The number of nitriles is 1. The number of aromatic nitrogens is 1. The summed E-state index contributed by atoms with van der Waals surface area (Å²) in [4.78, 5) is 14.2. The maximum Gasteiger partial charge on any atom is 0.410 e. The number of ether oxygens (including phenoxy) is 2. The standard InChI is InChI=1S/C25H29N3O5S/c1-24(2,3)33-23(29)27-14-15-32-21(17-27)19-9-8-18(16-26)22-20(19)10-13-28(22)34(30,31)25(4)11-6-5-7-12-25/h5-11,13,21H,12,14-15,17H2,1-4H3. The molecule has 2 atom stereocenters. The fourth-order valence-corrected chi connectivity index (χ4v) is 5.94. The molecule has 1 aliphatic heterocycles. The second-order valence-corrected chi connectivity index (χ2v) is 12.1. The molecule has 34 heavy (non-hydrogen) atoms. The van der Waals surface area contributed by atoms with Crippen LogP contribution >= 0.6 is 0 Å². The van der Waals surface area contributed by atoms with Gasteiger partial charge in [-0.15, -0.1) is 0 Å². The van der Waals surface area contributed by atoms with Crippen LogP contribution in [-0.2, 0) is 19.5 Å². The van der Waals surface area contributed by atoms with Crippen LogP contribution in [0.2, 0.25) is 0 Å². The molecule has 0 N–H and O–H groups in total. The van der Waals surface area contributed by atoms with Crippen molar-refractivity contribution in [3.05, 3.63) is 59.8 Å². The third kappa shape index (κ3) is 4.24. The van der Waals surface area contributed by atoms with Gasteiger partial charge in [-0.2, -0.15) is 5.26 Å².